The number of nitrogens with zero attached hydrogens (tertiary/aromatic N) is 1. The molecule has 0 saturated carbocycles. The summed E-state index contributed by atoms with van der Waals surface area (Å²) in [7, 11) is 0. The van der Waals surface area contributed by atoms with E-state index in [1.54, 1.807) is 24.3 Å². The lowest BCUT2D eigenvalue weighted by Gasteiger charge is -2.33. The van der Waals surface area contributed by atoms with Crippen LogP contribution >= 0.6 is 11.8 Å². The number of benzene rings is 2. The van der Waals surface area contributed by atoms with E-state index in [9.17, 15) is 13.2 Å². The van der Waals surface area contributed by atoms with Crippen LogP contribution in [0.5, 0.6) is 0 Å². The summed E-state index contributed by atoms with van der Waals surface area (Å²) >= 11 is 1.50. The molecule has 0 amide bonds. The van der Waals surface area contributed by atoms with Gasteiger partial charge in [0.2, 0.25) is 0 Å². The molecule has 0 unspecified atom stereocenters. The maximum absolute atomic E-state index is 12.8. The van der Waals surface area contributed by atoms with Crippen LogP contribution in [0.1, 0.15) is 0 Å². The van der Waals surface area contributed by atoms with Crippen LogP contribution in [0.25, 0.3) is 0 Å². The fraction of sp³-hybridized carbons (Fsp3) is 0.143. The van der Waals surface area contributed by atoms with E-state index in [2.05, 4.69) is 0 Å². The van der Waals surface area contributed by atoms with Gasteiger partial charge in [-0.05, 0) is 24.3 Å². The summed E-state index contributed by atoms with van der Waals surface area (Å²) in [6, 6.07) is 14.3. The lowest BCUT2D eigenvalue weighted by molar-refractivity contribution is -0.118. The predicted octanol–water partition coefficient (Wildman–Crippen LogP) is 4.85. The maximum Gasteiger partial charge on any atom is 0.406 e. The Balaban J connectivity index is 2.11. The third kappa shape index (κ3) is 2.42. The number of para-hydroxylation sites is 2. The Labute approximate surface area is 113 Å². The van der Waals surface area contributed by atoms with Gasteiger partial charge < -0.3 is 4.90 Å². The highest BCUT2D eigenvalue weighted by atomic mass is 32.2. The number of alkyl halides is 3. The molecule has 1 aliphatic rings. The van der Waals surface area contributed by atoms with Crippen LogP contribution in [0, 0.1) is 0 Å². The summed E-state index contributed by atoms with van der Waals surface area (Å²) in [5, 5.41) is 0. The van der Waals surface area contributed by atoms with E-state index in [1.165, 1.54) is 16.7 Å². The lowest BCUT2D eigenvalue weighted by atomic mass is 10.2. The molecule has 1 heterocycles. The topological polar surface area (TPSA) is 3.24 Å². The van der Waals surface area contributed by atoms with Crippen molar-refractivity contribution >= 4 is 23.1 Å². The van der Waals surface area contributed by atoms with Crippen molar-refractivity contribution < 1.29 is 13.2 Å². The largest absolute Gasteiger partial charge is 0.406 e. The average Bonchev–Trinajstić information content (AvgIpc) is 2.37. The monoisotopic (exact) mass is 281 g/mol. The predicted molar refractivity (Wildman–Crippen MR) is 70.1 cm³/mol. The van der Waals surface area contributed by atoms with Crippen LogP contribution in [0.2, 0.25) is 0 Å². The van der Waals surface area contributed by atoms with Crippen molar-refractivity contribution in [3.8, 4) is 0 Å². The minimum atomic E-state index is -4.23. The van der Waals surface area contributed by atoms with Crippen molar-refractivity contribution in [1.29, 1.82) is 0 Å². The molecule has 0 radical (unpaired) electrons. The first kappa shape index (κ1) is 12.4. The molecule has 0 bridgehead atoms. The van der Waals surface area contributed by atoms with E-state index in [1.807, 2.05) is 24.3 Å². The van der Waals surface area contributed by atoms with E-state index in [0.29, 0.717) is 11.4 Å². The molecular formula is C14H10F3NS. The van der Waals surface area contributed by atoms with E-state index in [-0.39, 0.29) is 0 Å². The third-order valence-electron chi connectivity index (χ3n) is 2.87. The van der Waals surface area contributed by atoms with Gasteiger partial charge in [-0.1, -0.05) is 36.0 Å². The molecule has 0 spiro atoms. The van der Waals surface area contributed by atoms with Gasteiger partial charge in [-0.3, -0.25) is 0 Å². The van der Waals surface area contributed by atoms with Crippen molar-refractivity contribution in [3.63, 3.8) is 0 Å². The first-order valence-electron chi connectivity index (χ1n) is 5.75. The molecule has 2 aromatic carbocycles. The fourth-order valence-corrected chi connectivity index (χ4v) is 3.23. The molecule has 98 valence electrons. The molecule has 1 aliphatic heterocycles. The first-order valence-corrected chi connectivity index (χ1v) is 6.56. The molecule has 19 heavy (non-hydrogen) atoms. The molecule has 3 rings (SSSR count). The smallest absolute Gasteiger partial charge is 0.330 e. The summed E-state index contributed by atoms with van der Waals surface area (Å²) in [4.78, 5) is 3.04. The van der Waals surface area contributed by atoms with E-state index >= 15 is 0 Å². The van der Waals surface area contributed by atoms with E-state index in [0.717, 1.165) is 9.79 Å². The molecule has 5 heteroatoms. The van der Waals surface area contributed by atoms with Gasteiger partial charge in [-0.15, -0.1) is 0 Å². The standard InChI is InChI=1S/C14H10F3NS/c15-14(16,17)9-18-10-5-1-3-7-12(10)19-13-8-4-2-6-11(13)18/h1-8H,9H2. The van der Waals surface area contributed by atoms with Gasteiger partial charge in [0.05, 0.1) is 11.4 Å². The van der Waals surface area contributed by atoms with Gasteiger partial charge in [0.15, 0.2) is 0 Å². The van der Waals surface area contributed by atoms with Crippen LogP contribution in [0.3, 0.4) is 0 Å². The zero-order valence-electron chi connectivity index (χ0n) is 9.82. The molecule has 0 fully saturated rings. The molecule has 0 atom stereocenters. The Morgan fingerprint density at radius 2 is 1.32 bits per heavy atom. The van der Waals surface area contributed by atoms with Gasteiger partial charge >= 0.3 is 6.18 Å². The number of fused-ring (bicyclic) bond motifs is 2. The van der Waals surface area contributed by atoms with Crippen LogP contribution in [0.4, 0.5) is 24.5 Å². The van der Waals surface area contributed by atoms with Crippen LogP contribution in [-0.2, 0) is 0 Å². The van der Waals surface area contributed by atoms with Crippen molar-refractivity contribution in [3.05, 3.63) is 48.5 Å². The number of hydrogen-bond donors (Lipinski definition) is 0. The second-order valence-corrected chi connectivity index (χ2v) is 5.32. The van der Waals surface area contributed by atoms with Crippen molar-refractivity contribution in [2.24, 2.45) is 0 Å². The Morgan fingerprint density at radius 3 is 1.79 bits per heavy atom. The van der Waals surface area contributed by atoms with Gasteiger partial charge in [0, 0.05) is 9.79 Å². The zero-order chi connectivity index (χ0) is 13.5. The quantitative estimate of drug-likeness (QED) is 0.735. The number of hydrogen-bond acceptors (Lipinski definition) is 2. The summed E-state index contributed by atoms with van der Waals surface area (Å²) in [5.41, 5.74) is 1.23. The fourth-order valence-electron chi connectivity index (χ4n) is 2.13. The molecular weight excluding hydrogens is 271 g/mol. The minimum absolute atomic E-state index is 0.614. The summed E-state index contributed by atoms with van der Waals surface area (Å²) in [5.74, 6) is 0. The van der Waals surface area contributed by atoms with Crippen LogP contribution < -0.4 is 4.90 Å². The molecule has 0 N–H and O–H groups in total. The summed E-state index contributed by atoms with van der Waals surface area (Å²) in [6.45, 7) is -0.971. The molecule has 0 aromatic heterocycles. The Kier molecular flexibility index (Phi) is 2.93. The average molecular weight is 281 g/mol. The molecule has 0 aliphatic carbocycles. The van der Waals surface area contributed by atoms with Gasteiger partial charge in [-0.25, -0.2) is 0 Å². The van der Waals surface area contributed by atoms with Crippen molar-refractivity contribution in [1.82, 2.24) is 0 Å². The SMILES string of the molecule is FC(F)(F)CN1c2ccccc2Sc2ccccc21. The molecule has 2 aromatic rings. The van der Waals surface area contributed by atoms with Gasteiger partial charge in [0.25, 0.3) is 0 Å². The van der Waals surface area contributed by atoms with Crippen molar-refractivity contribution in [2.75, 3.05) is 11.4 Å². The second-order valence-electron chi connectivity index (χ2n) is 4.24. The number of halogens is 3. The Hall–Kier alpha value is -1.62. The highest BCUT2D eigenvalue weighted by Crippen LogP contribution is 2.48. The van der Waals surface area contributed by atoms with Gasteiger partial charge in [0.1, 0.15) is 6.54 Å². The maximum atomic E-state index is 12.8. The van der Waals surface area contributed by atoms with E-state index in [4.69, 9.17) is 0 Å². The number of rotatable bonds is 1. The normalized spacial score (nSPS) is 13.9. The summed E-state index contributed by atoms with van der Waals surface area (Å²) in [6.07, 6.45) is -4.23. The lowest BCUT2D eigenvalue weighted by Crippen LogP contribution is -2.32. The Bertz CT molecular complexity index is 564. The Morgan fingerprint density at radius 1 is 0.842 bits per heavy atom. The zero-order valence-corrected chi connectivity index (χ0v) is 10.6. The first-order chi connectivity index (χ1) is 9.04. The van der Waals surface area contributed by atoms with Crippen LogP contribution in [-0.4, -0.2) is 12.7 Å². The summed E-state index contributed by atoms with van der Waals surface area (Å²) < 4.78 is 38.3. The number of anilines is 2. The molecule has 1 nitrogen and oxygen atoms in total. The van der Waals surface area contributed by atoms with Crippen LogP contribution in [0.15, 0.2) is 58.3 Å². The minimum Gasteiger partial charge on any atom is -0.330 e. The second kappa shape index (κ2) is 4.49. The third-order valence-corrected chi connectivity index (χ3v) is 4.00. The van der Waals surface area contributed by atoms with Gasteiger partial charge in [-0.2, -0.15) is 13.2 Å². The van der Waals surface area contributed by atoms with E-state index < -0.39 is 12.7 Å². The highest BCUT2D eigenvalue weighted by Gasteiger charge is 2.34. The highest BCUT2D eigenvalue weighted by molar-refractivity contribution is 7.99. The molecule has 0 saturated heterocycles. The van der Waals surface area contributed by atoms with Crippen molar-refractivity contribution in [2.45, 2.75) is 16.0 Å².